The molecule has 0 unspecified atom stereocenters. The Morgan fingerprint density at radius 1 is 1.07 bits per heavy atom. The Morgan fingerprint density at radius 3 is 2.30 bits per heavy atom. The summed E-state index contributed by atoms with van der Waals surface area (Å²) in [6.45, 7) is 0. The van der Waals surface area contributed by atoms with E-state index in [1.54, 1.807) is 0 Å². The predicted octanol–water partition coefficient (Wildman–Crippen LogP) is 2.83. The Kier molecular flexibility index (Phi) is 5.64. The maximum atomic E-state index is 12.8. The summed E-state index contributed by atoms with van der Waals surface area (Å²) in [5.41, 5.74) is 2.33. The van der Waals surface area contributed by atoms with Gasteiger partial charge in [0.15, 0.2) is 5.78 Å². The summed E-state index contributed by atoms with van der Waals surface area (Å²) in [7, 11) is -3.93. The van der Waals surface area contributed by atoms with Crippen LogP contribution in [0.4, 0.5) is 0 Å². The van der Waals surface area contributed by atoms with Crippen molar-refractivity contribution >= 4 is 33.4 Å². The van der Waals surface area contributed by atoms with Crippen LogP contribution in [0.2, 0.25) is 5.02 Å². The number of hydrogen-bond acceptors (Lipinski definition) is 4. The normalized spacial score (nSPS) is 14.1. The number of sulfonamides is 1. The quantitative estimate of drug-likeness (QED) is 0.687. The fraction of sp³-hybridized carbons (Fsp3) is 0.263. The van der Waals surface area contributed by atoms with E-state index in [4.69, 9.17) is 16.7 Å². The van der Waals surface area contributed by atoms with E-state index in [-0.39, 0.29) is 34.4 Å². The molecule has 0 aromatic heterocycles. The third kappa shape index (κ3) is 4.55. The zero-order chi connectivity index (χ0) is 19.6. The third-order valence-electron chi connectivity index (χ3n) is 4.48. The molecule has 1 aliphatic carbocycles. The first kappa shape index (κ1) is 19.5. The van der Waals surface area contributed by atoms with E-state index < -0.39 is 21.8 Å². The van der Waals surface area contributed by atoms with Crippen LogP contribution >= 0.6 is 11.6 Å². The number of halogens is 1. The van der Waals surface area contributed by atoms with Crippen molar-refractivity contribution in [1.82, 2.24) is 4.72 Å². The van der Waals surface area contributed by atoms with Crippen molar-refractivity contribution in [2.24, 2.45) is 0 Å². The van der Waals surface area contributed by atoms with Crippen molar-refractivity contribution in [3.63, 3.8) is 0 Å². The van der Waals surface area contributed by atoms with Crippen molar-refractivity contribution < 1.29 is 23.1 Å². The lowest BCUT2D eigenvalue weighted by molar-refractivity contribution is -0.136. The summed E-state index contributed by atoms with van der Waals surface area (Å²) < 4.78 is 28.3. The highest BCUT2D eigenvalue weighted by Gasteiger charge is 2.28. The molecule has 2 aromatic carbocycles. The lowest BCUT2D eigenvalue weighted by Crippen LogP contribution is -2.35. The number of rotatable bonds is 7. The second-order valence-corrected chi connectivity index (χ2v) is 8.55. The molecule has 0 saturated carbocycles. The number of ketones is 1. The van der Waals surface area contributed by atoms with Crippen LogP contribution in [0.25, 0.3) is 0 Å². The van der Waals surface area contributed by atoms with Gasteiger partial charge in [-0.25, -0.2) is 13.1 Å². The zero-order valence-electron chi connectivity index (χ0n) is 14.3. The Balaban J connectivity index is 1.79. The maximum absolute atomic E-state index is 12.8. The smallest absolute Gasteiger partial charge is 0.303 e. The molecule has 3 rings (SSSR count). The first-order valence-electron chi connectivity index (χ1n) is 8.40. The van der Waals surface area contributed by atoms with E-state index in [9.17, 15) is 18.0 Å². The van der Waals surface area contributed by atoms with Gasteiger partial charge >= 0.3 is 5.97 Å². The highest BCUT2D eigenvalue weighted by atomic mass is 35.5. The molecule has 6 nitrogen and oxygen atoms in total. The summed E-state index contributed by atoms with van der Waals surface area (Å²) in [6.07, 6.45) is 0.651. The van der Waals surface area contributed by atoms with E-state index >= 15 is 0 Å². The number of carbonyl (C=O) groups excluding carboxylic acids is 1. The van der Waals surface area contributed by atoms with Gasteiger partial charge in [0.1, 0.15) is 4.90 Å². The maximum Gasteiger partial charge on any atom is 0.303 e. The number of hydrogen-bond donors (Lipinski definition) is 2. The van der Waals surface area contributed by atoms with Crippen LogP contribution in [0.15, 0.2) is 47.4 Å². The van der Waals surface area contributed by atoms with Crippen LogP contribution in [-0.2, 0) is 27.7 Å². The lowest BCUT2D eigenvalue weighted by atomic mass is 10.1. The molecule has 0 saturated heterocycles. The highest BCUT2D eigenvalue weighted by Crippen LogP contribution is 2.27. The summed E-state index contributed by atoms with van der Waals surface area (Å²) in [5, 5.41) is 8.70. The van der Waals surface area contributed by atoms with E-state index in [0.717, 1.165) is 11.1 Å². The number of aliphatic carboxylic acids is 1. The average Bonchev–Trinajstić information content (AvgIpc) is 3.01. The largest absolute Gasteiger partial charge is 0.481 e. The number of carboxylic acids is 1. The summed E-state index contributed by atoms with van der Waals surface area (Å²) in [6, 6.07) is 11.4. The van der Waals surface area contributed by atoms with Gasteiger partial charge in [-0.15, -0.1) is 0 Å². The molecule has 8 heteroatoms. The zero-order valence-corrected chi connectivity index (χ0v) is 15.9. The minimum atomic E-state index is -3.93. The topological polar surface area (TPSA) is 101 Å². The van der Waals surface area contributed by atoms with E-state index in [1.807, 2.05) is 24.3 Å². The van der Waals surface area contributed by atoms with E-state index in [0.29, 0.717) is 12.8 Å². The van der Waals surface area contributed by atoms with Crippen LogP contribution in [0.5, 0.6) is 0 Å². The second-order valence-electron chi connectivity index (χ2n) is 6.46. The molecule has 0 aliphatic heterocycles. The van der Waals surface area contributed by atoms with Gasteiger partial charge in [0.2, 0.25) is 10.0 Å². The highest BCUT2D eigenvalue weighted by molar-refractivity contribution is 7.89. The van der Waals surface area contributed by atoms with Crippen LogP contribution in [0, 0.1) is 0 Å². The second kappa shape index (κ2) is 7.80. The Morgan fingerprint density at radius 2 is 1.70 bits per heavy atom. The summed E-state index contributed by atoms with van der Waals surface area (Å²) >= 11 is 6.06. The molecule has 1 aliphatic rings. The van der Waals surface area contributed by atoms with Crippen LogP contribution < -0.4 is 4.72 Å². The number of benzene rings is 2. The van der Waals surface area contributed by atoms with Crippen LogP contribution in [0.1, 0.15) is 34.3 Å². The van der Waals surface area contributed by atoms with Crippen LogP contribution in [0.3, 0.4) is 0 Å². The van der Waals surface area contributed by atoms with Gasteiger partial charge in [0.05, 0.1) is 11.4 Å². The molecule has 2 N–H and O–H groups in total. The Labute approximate surface area is 162 Å². The van der Waals surface area contributed by atoms with Crippen molar-refractivity contribution in [3.8, 4) is 0 Å². The molecule has 0 heterocycles. The Bertz CT molecular complexity index is 978. The van der Waals surface area contributed by atoms with E-state index in [1.165, 1.54) is 18.2 Å². The molecule has 0 bridgehead atoms. The van der Waals surface area contributed by atoms with Gasteiger partial charge in [-0.1, -0.05) is 35.9 Å². The minimum absolute atomic E-state index is 0.00722. The molecule has 0 radical (unpaired) electrons. The van der Waals surface area contributed by atoms with E-state index in [2.05, 4.69) is 4.72 Å². The molecule has 0 spiro atoms. The predicted molar refractivity (Wildman–Crippen MR) is 101 cm³/mol. The number of fused-ring (bicyclic) bond motifs is 1. The lowest BCUT2D eigenvalue weighted by Gasteiger charge is -2.14. The molecular weight excluding hydrogens is 390 g/mol. The standard InChI is InChI=1S/C19H18ClNO5S/c20-16-6-5-14(17(22)7-8-19(23)24)11-18(16)27(25,26)21-15-9-12-3-1-2-4-13(12)10-15/h1-6,11,15,21H,7-10H2,(H,23,24). The number of carboxylic acid groups (broad SMARTS) is 1. The van der Waals surface area contributed by atoms with Crippen molar-refractivity contribution in [2.75, 3.05) is 0 Å². The molecule has 142 valence electrons. The Hall–Kier alpha value is -2.22. The molecule has 27 heavy (non-hydrogen) atoms. The molecule has 0 amide bonds. The number of nitrogens with one attached hydrogen (secondary N) is 1. The first-order chi connectivity index (χ1) is 12.8. The van der Waals surface area contributed by atoms with Crippen molar-refractivity contribution in [1.29, 1.82) is 0 Å². The van der Waals surface area contributed by atoms with Gasteiger partial charge in [0, 0.05) is 18.0 Å². The third-order valence-corrected chi connectivity index (χ3v) is 6.48. The monoisotopic (exact) mass is 407 g/mol. The molecule has 0 fully saturated rings. The van der Waals surface area contributed by atoms with Crippen molar-refractivity contribution in [3.05, 3.63) is 64.2 Å². The SMILES string of the molecule is O=C(O)CCC(=O)c1ccc(Cl)c(S(=O)(=O)NC2Cc3ccccc3C2)c1. The van der Waals surface area contributed by atoms with Crippen LogP contribution in [-0.4, -0.2) is 31.3 Å². The minimum Gasteiger partial charge on any atom is -0.481 e. The van der Waals surface area contributed by atoms with Gasteiger partial charge in [-0.05, 0) is 42.2 Å². The number of carbonyl (C=O) groups is 2. The number of Topliss-reactive ketones (excluding diaryl/α,β-unsaturated/α-hetero) is 1. The fourth-order valence-corrected chi connectivity index (χ4v) is 4.93. The molecule has 2 aromatic rings. The van der Waals surface area contributed by atoms with Gasteiger partial charge in [-0.3, -0.25) is 9.59 Å². The first-order valence-corrected chi connectivity index (χ1v) is 10.3. The van der Waals surface area contributed by atoms with Crippen molar-refractivity contribution in [2.45, 2.75) is 36.6 Å². The van der Waals surface area contributed by atoms with Gasteiger partial charge in [-0.2, -0.15) is 0 Å². The summed E-state index contributed by atoms with van der Waals surface area (Å²) in [5.74, 6) is -1.54. The molecule has 0 atom stereocenters. The van der Waals surface area contributed by atoms with Gasteiger partial charge < -0.3 is 5.11 Å². The summed E-state index contributed by atoms with van der Waals surface area (Å²) in [4.78, 5) is 22.6. The average molecular weight is 408 g/mol. The van der Waals surface area contributed by atoms with Gasteiger partial charge in [0.25, 0.3) is 0 Å². The fourth-order valence-electron chi connectivity index (χ4n) is 3.17. The molecular formula is C19H18ClNO5S.